The normalized spacial score (nSPS) is 15.7. The Kier molecular flexibility index (Phi) is 4.81. The van der Waals surface area contributed by atoms with Gasteiger partial charge in [-0.1, -0.05) is 20.8 Å². The summed E-state index contributed by atoms with van der Waals surface area (Å²) in [7, 11) is 0. The molecule has 1 amide bonds. The van der Waals surface area contributed by atoms with Crippen LogP contribution in [0.25, 0.3) is 22.6 Å². The molecule has 1 aliphatic carbocycles. The van der Waals surface area contributed by atoms with Crippen molar-refractivity contribution in [3.8, 4) is 28.7 Å². The van der Waals surface area contributed by atoms with E-state index in [1.165, 1.54) is 12.8 Å². The molecule has 1 fully saturated rings. The third-order valence-corrected chi connectivity index (χ3v) is 5.79. The molecule has 3 aromatic heterocycles. The average molecular weight is 428 g/mol. The number of nitriles is 1. The first-order valence-corrected chi connectivity index (χ1v) is 11.0. The van der Waals surface area contributed by atoms with Crippen LogP contribution < -0.4 is 0 Å². The largest absolute Gasteiger partial charge is 0.441 e. The predicted octanol–water partition coefficient (Wildman–Crippen LogP) is 4.62. The number of hydrogen-bond acceptors (Lipinski definition) is 6. The number of rotatable bonds is 5. The molecule has 2 aliphatic rings. The standard InChI is InChI=1S/C25H25N5O2/c1-25(2,3)9-22-28-12-21(32-22)18-7-6-17(10-26)29-23(18)16-8-19-20(27-11-16)14-30(24(19)31)13-15-4-5-15/h6-8,11-12,15H,4-5,9,13-14H2,1-3H3. The molecule has 0 unspecified atom stereocenters. The summed E-state index contributed by atoms with van der Waals surface area (Å²) in [5.41, 5.74) is 3.72. The minimum Gasteiger partial charge on any atom is -0.441 e. The smallest absolute Gasteiger partial charge is 0.256 e. The van der Waals surface area contributed by atoms with E-state index in [1.807, 2.05) is 17.0 Å². The quantitative estimate of drug-likeness (QED) is 0.589. The Morgan fingerprint density at radius 3 is 2.72 bits per heavy atom. The van der Waals surface area contributed by atoms with E-state index in [-0.39, 0.29) is 11.3 Å². The SMILES string of the molecule is CC(C)(C)Cc1ncc(-c2ccc(C#N)nc2-c2cnc3c(c2)C(=O)N(CC2CC2)C3)o1. The highest BCUT2D eigenvalue weighted by Crippen LogP contribution is 2.36. The molecule has 7 heteroatoms. The third-order valence-electron chi connectivity index (χ3n) is 5.79. The fourth-order valence-electron chi connectivity index (χ4n) is 4.03. The number of fused-ring (bicyclic) bond motifs is 1. The summed E-state index contributed by atoms with van der Waals surface area (Å²) in [6.45, 7) is 7.75. The minimum atomic E-state index is 0.0198. The Labute approximate surface area is 187 Å². The zero-order valence-corrected chi connectivity index (χ0v) is 18.6. The van der Waals surface area contributed by atoms with Crippen LogP contribution in [0.3, 0.4) is 0 Å². The van der Waals surface area contributed by atoms with Crippen LogP contribution in [0.4, 0.5) is 0 Å². The molecule has 0 aromatic carbocycles. The first kappa shape index (κ1) is 20.4. The summed E-state index contributed by atoms with van der Waals surface area (Å²) >= 11 is 0. The second-order valence-corrected chi connectivity index (χ2v) is 9.91. The van der Waals surface area contributed by atoms with Crippen molar-refractivity contribution < 1.29 is 9.21 Å². The number of aromatic nitrogens is 3. The van der Waals surface area contributed by atoms with Gasteiger partial charge in [0.15, 0.2) is 11.7 Å². The van der Waals surface area contributed by atoms with Gasteiger partial charge in [-0.15, -0.1) is 0 Å². The fourth-order valence-corrected chi connectivity index (χ4v) is 4.03. The Hall–Kier alpha value is -3.53. The van der Waals surface area contributed by atoms with E-state index < -0.39 is 0 Å². The Morgan fingerprint density at radius 2 is 2.00 bits per heavy atom. The molecule has 162 valence electrons. The highest BCUT2D eigenvalue weighted by Gasteiger charge is 2.34. The second-order valence-electron chi connectivity index (χ2n) is 9.91. The molecular formula is C25H25N5O2. The van der Waals surface area contributed by atoms with Crippen molar-refractivity contribution in [2.75, 3.05) is 6.54 Å². The Bertz CT molecular complexity index is 1240. The summed E-state index contributed by atoms with van der Waals surface area (Å²) in [6.07, 6.45) is 6.52. The summed E-state index contributed by atoms with van der Waals surface area (Å²) in [6, 6.07) is 7.42. The van der Waals surface area contributed by atoms with E-state index in [1.54, 1.807) is 18.5 Å². The van der Waals surface area contributed by atoms with Crippen molar-refractivity contribution in [1.82, 2.24) is 19.9 Å². The van der Waals surface area contributed by atoms with Crippen molar-refractivity contribution in [1.29, 1.82) is 5.26 Å². The molecule has 4 heterocycles. The molecular weight excluding hydrogens is 402 g/mol. The van der Waals surface area contributed by atoms with Gasteiger partial charge < -0.3 is 9.32 Å². The third kappa shape index (κ3) is 4.01. The van der Waals surface area contributed by atoms with Crippen LogP contribution in [0.15, 0.2) is 35.0 Å². The van der Waals surface area contributed by atoms with E-state index >= 15 is 0 Å². The molecule has 3 aromatic rings. The van der Waals surface area contributed by atoms with Gasteiger partial charge in [0, 0.05) is 30.3 Å². The van der Waals surface area contributed by atoms with Gasteiger partial charge in [0.05, 0.1) is 29.7 Å². The van der Waals surface area contributed by atoms with Gasteiger partial charge >= 0.3 is 0 Å². The maximum atomic E-state index is 12.9. The van der Waals surface area contributed by atoms with Crippen molar-refractivity contribution in [2.24, 2.45) is 11.3 Å². The number of hydrogen-bond donors (Lipinski definition) is 0. The lowest BCUT2D eigenvalue weighted by Crippen LogP contribution is -2.26. The maximum Gasteiger partial charge on any atom is 0.256 e. The van der Waals surface area contributed by atoms with E-state index in [9.17, 15) is 10.1 Å². The van der Waals surface area contributed by atoms with Crippen LogP contribution in [0.1, 0.15) is 61.2 Å². The first-order chi connectivity index (χ1) is 15.3. The van der Waals surface area contributed by atoms with E-state index in [2.05, 4.69) is 41.8 Å². The van der Waals surface area contributed by atoms with Crippen molar-refractivity contribution in [2.45, 2.75) is 46.6 Å². The molecule has 0 saturated heterocycles. The molecule has 0 atom stereocenters. The molecule has 5 rings (SSSR count). The number of oxazole rings is 1. The van der Waals surface area contributed by atoms with Crippen LogP contribution in [0.5, 0.6) is 0 Å². The second kappa shape index (κ2) is 7.56. The molecule has 1 aliphatic heterocycles. The van der Waals surface area contributed by atoms with Gasteiger partial charge in [0.1, 0.15) is 11.8 Å². The lowest BCUT2D eigenvalue weighted by atomic mass is 9.92. The molecule has 0 bridgehead atoms. The Morgan fingerprint density at radius 1 is 1.19 bits per heavy atom. The van der Waals surface area contributed by atoms with Crippen LogP contribution in [0.2, 0.25) is 0 Å². The summed E-state index contributed by atoms with van der Waals surface area (Å²) in [5.74, 6) is 1.88. The summed E-state index contributed by atoms with van der Waals surface area (Å²) in [4.78, 5) is 28.4. The summed E-state index contributed by atoms with van der Waals surface area (Å²) < 4.78 is 6.03. The van der Waals surface area contributed by atoms with Gasteiger partial charge in [-0.05, 0) is 42.4 Å². The van der Waals surface area contributed by atoms with Crippen LogP contribution in [-0.4, -0.2) is 32.3 Å². The number of pyridine rings is 2. The zero-order valence-electron chi connectivity index (χ0n) is 18.6. The highest BCUT2D eigenvalue weighted by atomic mass is 16.4. The molecule has 32 heavy (non-hydrogen) atoms. The van der Waals surface area contributed by atoms with Gasteiger partial charge in [-0.3, -0.25) is 9.78 Å². The lowest BCUT2D eigenvalue weighted by molar-refractivity contribution is 0.0770. The van der Waals surface area contributed by atoms with Crippen LogP contribution >= 0.6 is 0 Å². The topological polar surface area (TPSA) is 95.9 Å². The highest BCUT2D eigenvalue weighted by molar-refractivity contribution is 5.99. The van der Waals surface area contributed by atoms with Crippen LogP contribution in [0, 0.1) is 22.7 Å². The number of carbonyl (C=O) groups is 1. The number of carbonyl (C=O) groups excluding carboxylic acids is 1. The van der Waals surface area contributed by atoms with Crippen molar-refractivity contribution in [3.63, 3.8) is 0 Å². The molecule has 7 nitrogen and oxygen atoms in total. The van der Waals surface area contributed by atoms with Gasteiger partial charge in [-0.25, -0.2) is 9.97 Å². The van der Waals surface area contributed by atoms with E-state index in [0.717, 1.165) is 17.8 Å². The Balaban J connectivity index is 1.52. The first-order valence-electron chi connectivity index (χ1n) is 11.0. The zero-order chi connectivity index (χ0) is 22.5. The van der Waals surface area contributed by atoms with Gasteiger partial charge in [0.25, 0.3) is 5.91 Å². The van der Waals surface area contributed by atoms with E-state index in [0.29, 0.717) is 53.0 Å². The van der Waals surface area contributed by atoms with Crippen molar-refractivity contribution >= 4 is 5.91 Å². The number of nitrogens with zero attached hydrogens (tertiary/aromatic N) is 5. The fraction of sp³-hybridized carbons (Fsp3) is 0.400. The molecule has 1 saturated carbocycles. The monoisotopic (exact) mass is 427 g/mol. The average Bonchev–Trinajstić information content (AvgIpc) is 3.38. The molecule has 0 N–H and O–H groups in total. The minimum absolute atomic E-state index is 0.0198. The van der Waals surface area contributed by atoms with Crippen LogP contribution in [-0.2, 0) is 13.0 Å². The number of amides is 1. The molecule has 0 spiro atoms. The van der Waals surface area contributed by atoms with Gasteiger partial charge in [0.2, 0.25) is 0 Å². The lowest BCUT2D eigenvalue weighted by Gasteiger charge is -2.14. The maximum absolute atomic E-state index is 12.9. The van der Waals surface area contributed by atoms with Gasteiger partial charge in [-0.2, -0.15) is 5.26 Å². The summed E-state index contributed by atoms with van der Waals surface area (Å²) in [5, 5.41) is 9.40. The predicted molar refractivity (Wildman–Crippen MR) is 118 cm³/mol. The molecule has 0 radical (unpaired) electrons. The van der Waals surface area contributed by atoms with Crippen molar-refractivity contribution in [3.05, 3.63) is 53.4 Å². The van der Waals surface area contributed by atoms with E-state index in [4.69, 9.17) is 4.42 Å².